The van der Waals surface area contributed by atoms with E-state index in [0.29, 0.717) is 0 Å². The average molecular weight is 223 g/mol. The van der Waals surface area contributed by atoms with Crippen molar-refractivity contribution in [3.8, 4) is 11.1 Å². The highest BCUT2D eigenvalue weighted by Crippen LogP contribution is 2.31. The van der Waals surface area contributed by atoms with Crippen LogP contribution in [-0.4, -0.2) is 12.5 Å². The number of hydrogen-bond donors (Lipinski definition) is 1. The van der Waals surface area contributed by atoms with Crippen LogP contribution in [-0.2, 0) is 4.79 Å². The molecular formula is C15H13NO. The molecule has 0 saturated carbocycles. The maximum absolute atomic E-state index is 11.5. The smallest absolute Gasteiger partial charge is 0.229 e. The van der Waals surface area contributed by atoms with E-state index in [1.165, 1.54) is 5.56 Å². The molecule has 0 aromatic heterocycles. The maximum atomic E-state index is 11.5. The molecule has 1 aliphatic rings. The lowest BCUT2D eigenvalue weighted by Crippen LogP contribution is -2.46. The Hall–Kier alpha value is -2.09. The minimum atomic E-state index is 0.0198. The van der Waals surface area contributed by atoms with Crippen LogP contribution in [0.1, 0.15) is 11.5 Å². The molecule has 1 fully saturated rings. The standard InChI is InChI=1S/C15H13NO/c17-15-14(10-16-15)13-9-5-4-8-12(13)11-6-2-1-3-7-11/h1-9,14H,10H2,(H,16,17). The number of nitrogens with one attached hydrogen (secondary N) is 1. The van der Waals surface area contributed by atoms with Crippen LogP contribution < -0.4 is 5.32 Å². The molecule has 1 unspecified atom stereocenters. The second kappa shape index (κ2) is 4.06. The van der Waals surface area contributed by atoms with Crippen LogP contribution in [0.15, 0.2) is 54.6 Å². The van der Waals surface area contributed by atoms with E-state index in [0.717, 1.165) is 17.7 Å². The molecule has 17 heavy (non-hydrogen) atoms. The van der Waals surface area contributed by atoms with Gasteiger partial charge in [0, 0.05) is 6.54 Å². The van der Waals surface area contributed by atoms with Gasteiger partial charge in [0.05, 0.1) is 5.92 Å². The predicted octanol–water partition coefficient (Wildman–Crippen LogP) is 2.57. The highest BCUT2D eigenvalue weighted by molar-refractivity contribution is 5.91. The number of rotatable bonds is 2. The fourth-order valence-electron chi connectivity index (χ4n) is 2.22. The van der Waals surface area contributed by atoms with Crippen molar-refractivity contribution in [3.63, 3.8) is 0 Å². The lowest BCUT2D eigenvalue weighted by Gasteiger charge is -2.28. The van der Waals surface area contributed by atoms with E-state index in [1.807, 2.05) is 36.4 Å². The van der Waals surface area contributed by atoms with Crippen LogP contribution in [0.3, 0.4) is 0 Å². The quantitative estimate of drug-likeness (QED) is 0.779. The Kier molecular flexibility index (Phi) is 2.41. The SMILES string of the molecule is O=C1NCC1c1ccccc1-c1ccccc1. The molecule has 0 aliphatic carbocycles. The predicted molar refractivity (Wildman–Crippen MR) is 67.6 cm³/mol. The molecule has 2 aromatic carbocycles. The van der Waals surface area contributed by atoms with Gasteiger partial charge in [-0.1, -0.05) is 54.6 Å². The summed E-state index contributed by atoms with van der Waals surface area (Å²) in [5.41, 5.74) is 3.46. The van der Waals surface area contributed by atoms with Gasteiger partial charge in [-0.25, -0.2) is 0 Å². The van der Waals surface area contributed by atoms with E-state index < -0.39 is 0 Å². The fraction of sp³-hybridized carbons (Fsp3) is 0.133. The minimum absolute atomic E-state index is 0.0198. The lowest BCUT2D eigenvalue weighted by molar-refractivity contribution is -0.127. The first-order chi connectivity index (χ1) is 8.36. The summed E-state index contributed by atoms with van der Waals surface area (Å²) in [6.07, 6.45) is 0. The van der Waals surface area contributed by atoms with Crippen LogP contribution in [0, 0.1) is 0 Å². The van der Waals surface area contributed by atoms with Gasteiger partial charge < -0.3 is 5.32 Å². The van der Waals surface area contributed by atoms with Crippen molar-refractivity contribution in [1.29, 1.82) is 0 Å². The Bertz CT molecular complexity index is 548. The summed E-state index contributed by atoms with van der Waals surface area (Å²) in [5, 5.41) is 2.80. The molecule has 1 heterocycles. The summed E-state index contributed by atoms with van der Waals surface area (Å²) < 4.78 is 0. The van der Waals surface area contributed by atoms with Gasteiger partial charge in [-0.15, -0.1) is 0 Å². The van der Waals surface area contributed by atoms with Crippen LogP contribution in [0.2, 0.25) is 0 Å². The Labute approximate surface area is 100 Å². The molecule has 1 saturated heterocycles. The van der Waals surface area contributed by atoms with E-state index in [4.69, 9.17) is 0 Å². The van der Waals surface area contributed by atoms with Crippen molar-refractivity contribution in [2.75, 3.05) is 6.54 Å². The van der Waals surface area contributed by atoms with E-state index in [9.17, 15) is 4.79 Å². The number of β-lactam (4-membered cyclic amide) rings is 1. The normalized spacial score (nSPS) is 18.4. The Balaban J connectivity index is 2.08. The Morgan fingerprint density at radius 3 is 2.29 bits per heavy atom. The van der Waals surface area contributed by atoms with Gasteiger partial charge in [0.25, 0.3) is 0 Å². The summed E-state index contributed by atoms with van der Waals surface area (Å²) in [4.78, 5) is 11.5. The first-order valence-corrected chi connectivity index (χ1v) is 5.78. The summed E-state index contributed by atoms with van der Waals surface area (Å²) in [5.74, 6) is 0.153. The summed E-state index contributed by atoms with van der Waals surface area (Å²) in [6.45, 7) is 0.753. The molecule has 1 aliphatic heterocycles. The molecule has 0 bridgehead atoms. The van der Waals surface area contributed by atoms with Crippen molar-refractivity contribution in [2.45, 2.75) is 5.92 Å². The minimum Gasteiger partial charge on any atom is -0.354 e. The van der Waals surface area contributed by atoms with Crippen LogP contribution >= 0.6 is 0 Å². The number of amides is 1. The third kappa shape index (κ3) is 1.72. The van der Waals surface area contributed by atoms with Gasteiger partial charge in [0.1, 0.15) is 0 Å². The molecule has 2 aromatic rings. The molecular weight excluding hydrogens is 210 g/mol. The Morgan fingerprint density at radius 1 is 0.941 bits per heavy atom. The van der Waals surface area contributed by atoms with Gasteiger partial charge in [-0.2, -0.15) is 0 Å². The van der Waals surface area contributed by atoms with Crippen LogP contribution in [0.25, 0.3) is 11.1 Å². The summed E-state index contributed by atoms with van der Waals surface area (Å²) >= 11 is 0. The first-order valence-electron chi connectivity index (χ1n) is 5.78. The van der Waals surface area contributed by atoms with Gasteiger partial charge in [0.2, 0.25) is 5.91 Å². The maximum Gasteiger partial charge on any atom is 0.229 e. The number of carbonyl (C=O) groups excluding carboxylic acids is 1. The van der Waals surface area contributed by atoms with Crippen molar-refractivity contribution >= 4 is 5.91 Å². The van der Waals surface area contributed by atoms with Gasteiger partial charge in [-0.3, -0.25) is 4.79 Å². The largest absolute Gasteiger partial charge is 0.354 e. The molecule has 2 nitrogen and oxygen atoms in total. The van der Waals surface area contributed by atoms with Crippen molar-refractivity contribution < 1.29 is 4.79 Å². The van der Waals surface area contributed by atoms with E-state index in [1.54, 1.807) is 0 Å². The molecule has 1 amide bonds. The molecule has 84 valence electrons. The third-order valence-corrected chi connectivity index (χ3v) is 3.22. The fourth-order valence-corrected chi connectivity index (χ4v) is 2.22. The Morgan fingerprint density at radius 2 is 1.65 bits per heavy atom. The highest BCUT2D eigenvalue weighted by atomic mass is 16.2. The molecule has 0 radical (unpaired) electrons. The van der Waals surface area contributed by atoms with Gasteiger partial charge >= 0.3 is 0 Å². The number of carbonyl (C=O) groups is 1. The van der Waals surface area contributed by atoms with E-state index in [2.05, 4.69) is 23.5 Å². The summed E-state index contributed by atoms with van der Waals surface area (Å²) in [6, 6.07) is 18.3. The van der Waals surface area contributed by atoms with Crippen molar-refractivity contribution in [1.82, 2.24) is 5.32 Å². The second-order valence-electron chi connectivity index (χ2n) is 4.25. The zero-order chi connectivity index (χ0) is 11.7. The van der Waals surface area contributed by atoms with Gasteiger partial charge in [0.15, 0.2) is 0 Å². The molecule has 3 rings (SSSR count). The highest BCUT2D eigenvalue weighted by Gasteiger charge is 2.30. The zero-order valence-electron chi connectivity index (χ0n) is 9.39. The van der Waals surface area contributed by atoms with Crippen molar-refractivity contribution in [2.24, 2.45) is 0 Å². The average Bonchev–Trinajstić information content (AvgIpc) is 2.39. The number of benzene rings is 2. The molecule has 1 N–H and O–H groups in total. The molecule has 2 heteroatoms. The van der Waals surface area contributed by atoms with Crippen LogP contribution in [0.5, 0.6) is 0 Å². The summed E-state index contributed by atoms with van der Waals surface area (Å²) in [7, 11) is 0. The van der Waals surface area contributed by atoms with E-state index >= 15 is 0 Å². The lowest BCUT2D eigenvalue weighted by atomic mass is 9.86. The molecule has 0 spiro atoms. The van der Waals surface area contributed by atoms with Gasteiger partial charge in [-0.05, 0) is 16.7 Å². The van der Waals surface area contributed by atoms with Crippen LogP contribution in [0.4, 0.5) is 0 Å². The van der Waals surface area contributed by atoms with E-state index in [-0.39, 0.29) is 11.8 Å². The molecule has 1 atom stereocenters. The van der Waals surface area contributed by atoms with Crippen molar-refractivity contribution in [3.05, 3.63) is 60.2 Å². The zero-order valence-corrected chi connectivity index (χ0v) is 9.39. The second-order valence-corrected chi connectivity index (χ2v) is 4.25. The topological polar surface area (TPSA) is 29.1 Å². The third-order valence-electron chi connectivity index (χ3n) is 3.22. The monoisotopic (exact) mass is 223 g/mol. The first kappa shape index (κ1) is 10.1. The number of hydrogen-bond acceptors (Lipinski definition) is 1.